The van der Waals surface area contributed by atoms with Crippen molar-refractivity contribution < 1.29 is 14.3 Å². The molecule has 5 rings (SSSR count). The summed E-state index contributed by atoms with van der Waals surface area (Å²) in [5, 5.41) is 2.66. The van der Waals surface area contributed by atoms with Crippen LogP contribution in [0.5, 0.6) is 5.75 Å². The van der Waals surface area contributed by atoms with E-state index < -0.39 is 0 Å². The molecule has 0 fully saturated rings. The summed E-state index contributed by atoms with van der Waals surface area (Å²) in [5.41, 5.74) is 5.34. The number of hydrogen-bond acceptors (Lipinski definition) is 3. The number of carbonyl (C=O) groups is 1. The molecule has 0 saturated heterocycles. The third-order valence-corrected chi connectivity index (χ3v) is 7.67. The van der Waals surface area contributed by atoms with Crippen LogP contribution in [0.3, 0.4) is 0 Å². The van der Waals surface area contributed by atoms with E-state index in [4.69, 9.17) is 9.47 Å². The largest absolute Gasteiger partial charge is 0.490 e. The summed E-state index contributed by atoms with van der Waals surface area (Å²) in [5.74, 6) is 1.36. The van der Waals surface area contributed by atoms with Crippen molar-refractivity contribution in [3.05, 3.63) is 113 Å². The molecule has 0 aromatic heterocycles. The minimum atomic E-state index is -0.284. The van der Waals surface area contributed by atoms with Gasteiger partial charge in [-0.05, 0) is 78.1 Å². The number of hydrogen-bond donors (Lipinski definition) is 0. The maximum atomic E-state index is 12.3. The first-order chi connectivity index (χ1) is 17.5. The zero-order chi connectivity index (χ0) is 25.1. The van der Waals surface area contributed by atoms with Gasteiger partial charge in [-0.1, -0.05) is 79.7 Å². The highest BCUT2D eigenvalue weighted by Gasteiger charge is 2.30. The fraction of sp³-hybridized carbons (Fsp3) is 0.303. The van der Waals surface area contributed by atoms with Crippen LogP contribution in [0.4, 0.5) is 0 Å². The topological polar surface area (TPSA) is 35.5 Å². The average molecular weight is 479 g/mol. The smallest absolute Gasteiger partial charge is 0.338 e. The van der Waals surface area contributed by atoms with Crippen molar-refractivity contribution in [2.45, 2.75) is 57.5 Å². The minimum absolute atomic E-state index is 0.146. The lowest BCUT2D eigenvalue weighted by Gasteiger charge is -2.33. The van der Waals surface area contributed by atoms with Gasteiger partial charge in [0.1, 0.15) is 5.75 Å². The van der Waals surface area contributed by atoms with E-state index in [2.05, 4.69) is 73.7 Å². The molecular weight excluding hydrogens is 444 g/mol. The summed E-state index contributed by atoms with van der Waals surface area (Å²) in [6.07, 6.45) is 4.29. The number of fused-ring (bicyclic) bond motifs is 2. The Kier molecular flexibility index (Phi) is 7.09. The SMILES string of the molecule is COC(=O)c1cc([C@H]2C[C@@H](CCC[C@H](C)c3cccc4ccccc34)Oc3ccccc32)ccc1C. The first-order valence-electron chi connectivity index (χ1n) is 13.0. The van der Waals surface area contributed by atoms with Gasteiger partial charge >= 0.3 is 5.97 Å². The summed E-state index contributed by atoms with van der Waals surface area (Å²) in [4.78, 5) is 12.3. The average Bonchev–Trinajstić information content (AvgIpc) is 2.92. The highest BCUT2D eigenvalue weighted by molar-refractivity contribution is 5.91. The van der Waals surface area contributed by atoms with E-state index in [1.54, 1.807) is 0 Å². The van der Waals surface area contributed by atoms with Gasteiger partial charge in [-0.3, -0.25) is 0 Å². The third-order valence-electron chi connectivity index (χ3n) is 7.67. The molecule has 3 atom stereocenters. The Hall–Kier alpha value is -3.59. The number of carbonyl (C=O) groups excluding carboxylic acids is 1. The Morgan fingerprint density at radius 3 is 2.64 bits per heavy atom. The summed E-state index contributed by atoms with van der Waals surface area (Å²) < 4.78 is 11.5. The number of para-hydroxylation sites is 1. The molecule has 0 bridgehead atoms. The zero-order valence-electron chi connectivity index (χ0n) is 21.4. The second-order valence-corrected chi connectivity index (χ2v) is 10.0. The van der Waals surface area contributed by atoms with Crippen molar-refractivity contribution in [2.24, 2.45) is 0 Å². The monoisotopic (exact) mass is 478 g/mol. The molecule has 36 heavy (non-hydrogen) atoms. The molecule has 1 aliphatic heterocycles. The molecule has 1 heterocycles. The lowest BCUT2D eigenvalue weighted by atomic mass is 9.82. The van der Waals surface area contributed by atoms with Gasteiger partial charge in [0.2, 0.25) is 0 Å². The van der Waals surface area contributed by atoms with Crippen LogP contribution in [-0.4, -0.2) is 19.2 Å². The van der Waals surface area contributed by atoms with Crippen molar-refractivity contribution in [1.82, 2.24) is 0 Å². The lowest BCUT2D eigenvalue weighted by molar-refractivity contribution is 0.0599. The predicted octanol–water partition coefficient (Wildman–Crippen LogP) is 8.19. The van der Waals surface area contributed by atoms with E-state index >= 15 is 0 Å². The van der Waals surface area contributed by atoms with Crippen LogP contribution >= 0.6 is 0 Å². The van der Waals surface area contributed by atoms with Crippen molar-refractivity contribution in [3.63, 3.8) is 0 Å². The maximum absolute atomic E-state index is 12.3. The number of ether oxygens (including phenoxy) is 2. The normalized spacial score (nSPS) is 17.8. The van der Waals surface area contributed by atoms with E-state index in [0.717, 1.165) is 42.6 Å². The molecule has 0 spiro atoms. The van der Waals surface area contributed by atoms with Crippen molar-refractivity contribution in [3.8, 4) is 5.75 Å². The summed E-state index contributed by atoms with van der Waals surface area (Å²) in [6, 6.07) is 29.8. The molecule has 3 heteroatoms. The molecule has 3 nitrogen and oxygen atoms in total. The molecule has 0 unspecified atom stereocenters. The van der Waals surface area contributed by atoms with Crippen molar-refractivity contribution in [2.75, 3.05) is 7.11 Å². The number of aryl methyl sites for hydroxylation is 1. The molecule has 4 aromatic rings. The van der Waals surface area contributed by atoms with Crippen LogP contribution < -0.4 is 4.74 Å². The van der Waals surface area contributed by atoms with Crippen LogP contribution in [0, 0.1) is 6.92 Å². The number of methoxy groups -OCH3 is 1. The number of esters is 1. The molecule has 4 aromatic carbocycles. The molecule has 0 amide bonds. The number of rotatable bonds is 7. The van der Waals surface area contributed by atoms with E-state index in [9.17, 15) is 4.79 Å². The lowest BCUT2D eigenvalue weighted by Crippen LogP contribution is -2.26. The summed E-state index contributed by atoms with van der Waals surface area (Å²) in [7, 11) is 1.44. The van der Waals surface area contributed by atoms with Crippen LogP contribution in [0.15, 0.2) is 84.9 Å². The van der Waals surface area contributed by atoms with Crippen molar-refractivity contribution in [1.29, 1.82) is 0 Å². The van der Waals surface area contributed by atoms with Gasteiger partial charge in [0, 0.05) is 11.5 Å². The minimum Gasteiger partial charge on any atom is -0.490 e. The van der Waals surface area contributed by atoms with E-state index in [1.807, 2.05) is 25.1 Å². The predicted molar refractivity (Wildman–Crippen MR) is 146 cm³/mol. The number of benzene rings is 4. The van der Waals surface area contributed by atoms with Crippen LogP contribution in [0.1, 0.15) is 77.1 Å². The first kappa shape index (κ1) is 24.1. The highest BCUT2D eigenvalue weighted by Crippen LogP contribution is 2.42. The van der Waals surface area contributed by atoms with Crippen LogP contribution in [0.2, 0.25) is 0 Å². The van der Waals surface area contributed by atoms with Gasteiger partial charge in [-0.2, -0.15) is 0 Å². The molecule has 1 aliphatic rings. The first-order valence-corrected chi connectivity index (χ1v) is 13.0. The van der Waals surface area contributed by atoms with Crippen molar-refractivity contribution >= 4 is 16.7 Å². The van der Waals surface area contributed by atoms with E-state index in [1.165, 1.54) is 29.0 Å². The molecule has 184 valence electrons. The molecular formula is C33H34O3. The fourth-order valence-electron chi connectivity index (χ4n) is 5.66. The Labute approximate surface area is 214 Å². The second kappa shape index (κ2) is 10.6. The second-order valence-electron chi connectivity index (χ2n) is 10.0. The summed E-state index contributed by atoms with van der Waals surface area (Å²) >= 11 is 0. The Bertz CT molecular complexity index is 1370. The van der Waals surface area contributed by atoms with Gasteiger partial charge in [0.25, 0.3) is 0 Å². The van der Waals surface area contributed by atoms with Gasteiger partial charge in [-0.25, -0.2) is 4.79 Å². The Morgan fingerprint density at radius 2 is 1.78 bits per heavy atom. The summed E-state index contributed by atoms with van der Waals surface area (Å²) in [6.45, 7) is 4.29. The molecule has 0 aliphatic carbocycles. The third kappa shape index (κ3) is 4.88. The Morgan fingerprint density at radius 1 is 1.00 bits per heavy atom. The van der Waals surface area contributed by atoms with Gasteiger partial charge in [0.05, 0.1) is 18.8 Å². The van der Waals surface area contributed by atoms with Crippen LogP contribution in [-0.2, 0) is 4.74 Å². The van der Waals surface area contributed by atoms with Gasteiger partial charge in [-0.15, -0.1) is 0 Å². The van der Waals surface area contributed by atoms with Gasteiger partial charge in [0.15, 0.2) is 0 Å². The Balaban J connectivity index is 1.32. The highest BCUT2D eigenvalue weighted by atomic mass is 16.5. The van der Waals surface area contributed by atoms with E-state index in [-0.39, 0.29) is 18.0 Å². The molecule has 0 N–H and O–H groups in total. The van der Waals surface area contributed by atoms with E-state index in [0.29, 0.717) is 11.5 Å². The van der Waals surface area contributed by atoms with Gasteiger partial charge < -0.3 is 9.47 Å². The fourth-order valence-corrected chi connectivity index (χ4v) is 5.66. The standard InChI is InChI=1S/C33H34O3/c1-22(27-16-9-12-24-11-4-5-14-28(24)27)10-8-13-26-21-31(29-15-6-7-17-32(29)36-26)25-19-18-23(2)30(20-25)33(34)35-3/h4-7,9,11-12,14-20,22,26,31H,8,10,13,21H2,1-3H3/t22-,26+,31+/m0/s1. The molecule has 0 radical (unpaired) electrons. The quantitative estimate of drug-likeness (QED) is 0.251. The maximum Gasteiger partial charge on any atom is 0.338 e. The zero-order valence-corrected chi connectivity index (χ0v) is 21.4. The molecule has 0 saturated carbocycles. The van der Waals surface area contributed by atoms with Crippen LogP contribution in [0.25, 0.3) is 10.8 Å².